The van der Waals surface area contributed by atoms with Crippen LogP contribution in [0.15, 0.2) is 78.9 Å². The minimum Gasteiger partial charge on any atom is -0.489 e. The van der Waals surface area contributed by atoms with Crippen molar-refractivity contribution in [2.24, 2.45) is 5.92 Å². The molecule has 0 atom stereocenters. The Hall–Kier alpha value is -4.13. The van der Waals surface area contributed by atoms with Gasteiger partial charge in [0, 0.05) is 32.1 Å². The van der Waals surface area contributed by atoms with E-state index in [0.29, 0.717) is 30.9 Å². The largest absolute Gasteiger partial charge is 0.489 e. The molecule has 4 aromatic rings. The zero-order valence-corrected chi connectivity index (χ0v) is 22.8. The number of ether oxygens (including phenoxy) is 1. The molecule has 1 aliphatic rings. The van der Waals surface area contributed by atoms with Crippen LogP contribution in [-0.4, -0.2) is 42.6 Å². The molecule has 0 unspecified atom stereocenters. The maximum Gasteiger partial charge on any atom is 0.225 e. The molecule has 1 heterocycles. The number of amides is 1. The summed E-state index contributed by atoms with van der Waals surface area (Å²) in [4.78, 5) is 24.1. The van der Waals surface area contributed by atoms with Crippen LogP contribution in [0.4, 0.5) is 11.8 Å². The summed E-state index contributed by atoms with van der Waals surface area (Å²) in [6, 6.07) is 26.3. The second-order valence-corrected chi connectivity index (χ2v) is 10.5. The molecule has 0 radical (unpaired) electrons. The quantitative estimate of drug-likeness (QED) is 0.282. The normalized spacial score (nSPS) is 17.0. The summed E-state index contributed by atoms with van der Waals surface area (Å²) in [5.41, 5.74) is 3.07. The Balaban J connectivity index is 1.04. The van der Waals surface area contributed by atoms with E-state index in [0.717, 1.165) is 65.8 Å². The van der Waals surface area contributed by atoms with Gasteiger partial charge in [-0.1, -0.05) is 54.6 Å². The number of nitrogens with zero attached hydrogens (tertiary/aromatic N) is 3. The van der Waals surface area contributed by atoms with Gasteiger partial charge in [0.25, 0.3) is 0 Å². The molecule has 1 aromatic heterocycles. The van der Waals surface area contributed by atoms with Crippen LogP contribution in [0.1, 0.15) is 36.8 Å². The number of aromatic nitrogens is 2. The van der Waals surface area contributed by atoms with Gasteiger partial charge < -0.3 is 20.3 Å². The first-order chi connectivity index (χ1) is 19.0. The van der Waals surface area contributed by atoms with Crippen molar-refractivity contribution < 1.29 is 9.53 Å². The molecule has 2 N–H and O–H groups in total. The van der Waals surface area contributed by atoms with Crippen LogP contribution in [0.3, 0.4) is 0 Å². The number of nitrogens with one attached hydrogen (secondary N) is 2. The smallest absolute Gasteiger partial charge is 0.225 e. The van der Waals surface area contributed by atoms with Crippen LogP contribution in [0.2, 0.25) is 0 Å². The molecule has 3 aromatic carbocycles. The van der Waals surface area contributed by atoms with Crippen LogP contribution in [0.5, 0.6) is 5.75 Å². The second-order valence-electron chi connectivity index (χ2n) is 10.5. The van der Waals surface area contributed by atoms with Crippen molar-refractivity contribution in [1.82, 2.24) is 15.3 Å². The van der Waals surface area contributed by atoms with Crippen molar-refractivity contribution in [3.63, 3.8) is 0 Å². The fraction of sp³-hybridized carbons (Fsp3) is 0.344. The number of hydrogen-bond acceptors (Lipinski definition) is 6. The van der Waals surface area contributed by atoms with E-state index in [1.165, 1.54) is 0 Å². The fourth-order valence-corrected chi connectivity index (χ4v) is 5.11. The number of anilines is 2. The van der Waals surface area contributed by atoms with Crippen molar-refractivity contribution in [3.05, 3.63) is 90.0 Å². The van der Waals surface area contributed by atoms with E-state index in [2.05, 4.69) is 16.7 Å². The molecule has 7 nitrogen and oxygen atoms in total. The summed E-state index contributed by atoms with van der Waals surface area (Å²) in [6.45, 7) is 1.26. The minimum atomic E-state index is 0.0639. The minimum absolute atomic E-state index is 0.0639. The Kier molecular flexibility index (Phi) is 8.56. The van der Waals surface area contributed by atoms with Gasteiger partial charge in [0.1, 0.15) is 18.2 Å². The molecule has 5 rings (SSSR count). The molecule has 1 amide bonds. The van der Waals surface area contributed by atoms with Gasteiger partial charge in [0.05, 0.1) is 11.9 Å². The highest BCUT2D eigenvalue weighted by molar-refractivity contribution is 5.90. The summed E-state index contributed by atoms with van der Waals surface area (Å²) in [6.07, 6.45) is 4.60. The third-order valence-electron chi connectivity index (χ3n) is 7.31. The van der Waals surface area contributed by atoms with Gasteiger partial charge >= 0.3 is 0 Å². The lowest BCUT2D eigenvalue weighted by Crippen LogP contribution is -2.34. The zero-order chi connectivity index (χ0) is 27.0. The van der Waals surface area contributed by atoms with Gasteiger partial charge in [-0.25, -0.2) is 4.98 Å². The van der Waals surface area contributed by atoms with Crippen LogP contribution in [0.25, 0.3) is 10.9 Å². The van der Waals surface area contributed by atoms with Gasteiger partial charge in [-0.2, -0.15) is 4.98 Å². The van der Waals surface area contributed by atoms with Crippen molar-refractivity contribution >= 4 is 28.6 Å². The molecule has 202 valence electrons. The first-order valence-electron chi connectivity index (χ1n) is 13.8. The number of benzene rings is 3. The van der Waals surface area contributed by atoms with E-state index in [1.54, 1.807) is 0 Å². The highest BCUT2D eigenvalue weighted by atomic mass is 16.5. The molecule has 0 saturated heterocycles. The second kappa shape index (κ2) is 12.6. The highest BCUT2D eigenvalue weighted by Gasteiger charge is 2.23. The van der Waals surface area contributed by atoms with Gasteiger partial charge in [-0.05, 0) is 67.0 Å². The van der Waals surface area contributed by atoms with Crippen LogP contribution >= 0.6 is 0 Å². The van der Waals surface area contributed by atoms with Crippen molar-refractivity contribution in [2.75, 3.05) is 30.9 Å². The van der Waals surface area contributed by atoms with E-state index >= 15 is 0 Å². The Morgan fingerprint density at radius 3 is 2.33 bits per heavy atom. The fourth-order valence-electron chi connectivity index (χ4n) is 5.11. The summed E-state index contributed by atoms with van der Waals surface area (Å²) < 4.78 is 5.84. The van der Waals surface area contributed by atoms with Gasteiger partial charge in [0.2, 0.25) is 11.9 Å². The Bertz CT molecular complexity index is 1370. The first-order valence-corrected chi connectivity index (χ1v) is 13.8. The van der Waals surface area contributed by atoms with Crippen LogP contribution in [-0.2, 0) is 17.8 Å². The van der Waals surface area contributed by atoms with E-state index < -0.39 is 0 Å². The van der Waals surface area contributed by atoms with Gasteiger partial charge in [0.15, 0.2) is 0 Å². The van der Waals surface area contributed by atoms with Gasteiger partial charge in [-0.3, -0.25) is 4.79 Å². The SMILES string of the molecule is CN(C)c1nc(NC2CCC(CNC(=O)Cc3ccc(OCc4ccccc4)cc3)CC2)nc2ccccc12. The summed E-state index contributed by atoms with van der Waals surface area (Å²) in [7, 11) is 4.02. The average Bonchev–Trinajstić information content (AvgIpc) is 2.96. The molecule has 1 aliphatic carbocycles. The monoisotopic (exact) mass is 523 g/mol. The topological polar surface area (TPSA) is 79.4 Å². The molecule has 0 spiro atoms. The summed E-state index contributed by atoms with van der Waals surface area (Å²) >= 11 is 0. The maximum absolute atomic E-state index is 12.6. The van der Waals surface area contributed by atoms with Crippen molar-refractivity contribution in [3.8, 4) is 5.75 Å². The molecular formula is C32H37N5O2. The molecule has 0 aliphatic heterocycles. The predicted octanol–water partition coefficient (Wildman–Crippen LogP) is 5.60. The highest BCUT2D eigenvalue weighted by Crippen LogP contribution is 2.28. The number of carbonyl (C=O) groups excluding carboxylic acids is 1. The van der Waals surface area contributed by atoms with E-state index in [-0.39, 0.29) is 5.91 Å². The standard InChI is InChI=1S/C32H37N5O2/c1-37(2)31-28-10-6-7-11-29(28)35-32(36-31)34-26-16-12-24(13-17-26)21-33-30(38)20-23-14-18-27(19-15-23)39-22-25-8-4-3-5-9-25/h3-11,14-15,18-19,24,26H,12-13,16-17,20-22H2,1-2H3,(H,33,38)(H,34,35,36). The first kappa shape index (κ1) is 26.5. The Labute approximate surface area is 230 Å². The van der Waals surface area contributed by atoms with Crippen molar-refractivity contribution in [2.45, 2.75) is 44.8 Å². The number of hydrogen-bond donors (Lipinski definition) is 2. The molecular weight excluding hydrogens is 486 g/mol. The molecule has 1 saturated carbocycles. The molecule has 7 heteroatoms. The lowest BCUT2D eigenvalue weighted by atomic mass is 9.86. The zero-order valence-electron chi connectivity index (χ0n) is 22.8. The number of fused-ring (bicyclic) bond motifs is 1. The summed E-state index contributed by atoms with van der Waals surface area (Å²) in [5, 5.41) is 7.76. The van der Waals surface area contributed by atoms with Crippen LogP contribution in [0, 0.1) is 5.92 Å². The number of rotatable bonds is 10. The van der Waals surface area contributed by atoms with Crippen LogP contribution < -0.4 is 20.3 Å². The summed E-state index contributed by atoms with van der Waals surface area (Å²) in [5.74, 6) is 2.98. The third kappa shape index (κ3) is 7.25. The third-order valence-corrected chi connectivity index (χ3v) is 7.31. The van der Waals surface area contributed by atoms with E-state index in [9.17, 15) is 4.79 Å². The number of carbonyl (C=O) groups is 1. The molecule has 0 bridgehead atoms. The molecule has 1 fully saturated rings. The van der Waals surface area contributed by atoms with E-state index in [4.69, 9.17) is 14.7 Å². The lowest BCUT2D eigenvalue weighted by Gasteiger charge is -2.29. The van der Waals surface area contributed by atoms with E-state index in [1.807, 2.05) is 91.8 Å². The average molecular weight is 524 g/mol. The Morgan fingerprint density at radius 1 is 0.872 bits per heavy atom. The molecule has 39 heavy (non-hydrogen) atoms. The maximum atomic E-state index is 12.6. The predicted molar refractivity (Wildman–Crippen MR) is 157 cm³/mol. The van der Waals surface area contributed by atoms with Gasteiger partial charge in [-0.15, -0.1) is 0 Å². The lowest BCUT2D eigenvalue weighted by molar-refractivity contribution is -0.120. The number of para-hydroxylation sites is 1. The van der Waals surface area contributed by atoms with Crippen molar-refractivity contribution in [1.29, 1.82) is 0 Å². The Morgan fingerprint density at radius 2 is 1.59 bits per heavy atom.